The molecule has 0 N–H and O–H groups in total. The van der Waals surface area contributed by atoms with Crippen LogP contribution in [-0.2, 0) is 0 Å². The van der Waals surface area contributed by atoms with Crippen LogP contribution in [-0.4, -0.2) is 18.5 Å². The van der Waals surface area contributed by atoms with Gasteiger partial charge in [0, 0.05) is 19.3 Å². The Morgan fingerprint density at radius 1 is 1.45 bits per heavy atom. The van der Waals surface area contributed by atoms with Crippen molar-refractivity contribution in [2.24, 2.45) is 0 Å². The maximum Gasteiger partial charge on any atom is 0.0205 e. The van der Waals surface area contributed by atoms with Crippen LogP contribution in [0.15, 0.2) is 24.9 Å². The molecule has 0 bridgehead atoms. The minimum Gasteiger partial charge on any atom is -0.378 e. The fourth-order valence-electron chi connectivity index (χ4n) is 0.476. The molecule has 0 aliphatic heterocycles. The molecule has 1 nitrogen and oxygen atoms in total. The molecule has 1 heteroatoms. The van der Waals surface area contributed by atoms with Crippen LogP contribution in [0.5, 0.6) is 0 Å². The normalized spacial score (nSPS) is 7.64. The van der Waals surface area contributed by atoms with Gasteiger partial charge in [0.05, 0.1) is 0 Å². The second-order valence-electron chi connectivity index (χ2n) is 2.23. The van der Waals surface area contributed by atoms with Crippen molar-refractivity contribution >= 4 is 0 Å². The van der Waals surface area contributed by atoms with Crippen LogP contribution in [0.1, 0.15) is 27.2 Å². The van der Waals surface area contributed by atoms with E-state index in [0.29, 0.717) is 0 Å². The lowest BCUT2D eigenvalue weighted by molar-refractivity contribution is 0.428. The summed E-state index contributed by atoms with van der Waals surface area (Å²) in [5.41, 5.74) is 1.11. The van der Waals surface area contributed by atoms with E-state index in [1.165, 1.54) is 0 Å². The zero-order chi connectivity index (χ0) is 9.28. The van der Waals surface area contributed by atoms with Crippen LogP contribution < -0.4 is 0 Å². The Balaban J connectivity index is 0. The van der Waals surface area contributed by atoms with E-state index < -0.39 is 0 Å². The first kappa shape index (κ1) is 12.9. The van der Waals surface area contributed by atoms with Crippen molar-refractivity contribution in [1.82, 2.24) is 4.90 Å². The lowest BCUT2D eigenvalue weighted by Gasteiger charge is -2.16. The zero-order valence-electron chi connectivity index (χ0n) is 8.35. The van der Waals surface area contributed by atoms with E-state index in [0.717, 1.165) is 18.7 Å². The highest BCUT2D eigenvalue weighted by molar-refractivity contribution is 4.86. The van der Waals surface area contributed by atoms with Gasteiger partial charge in [-0.2, -0.15) is 0 Å². The van der Waals surface area contributed by atoms with Crippen molar-refractivity contribution in [3.05, 3.63) is 24.9 Å². The minimum absolute atomic E-state index is 1.03. The van der Waals surface area contributed by atoms with Gasteiger partial charge in [-0.1, -0.05) is 26.5 Å². The van der Waals surface area contributed by atoms with Crippen LogP contribution in [0.3, 0.4) is 0 Å². The largest absolute Gasteiger partial charge is 0.378 e. The summed E-state index contributed by atoms with van der Waals surface area (Å²) in [6.07, 6.45) is 2.95. The van der Waals surface area contributed by atoms with Crippen molar-refractivity contribution in [3.8, 4) is 0 Å². The molecular weight excluding hydrogens is 134 g/mol. The number of nitrogens with zero attached hydrogens (tertiary/aromatic N) is 1. The summed E-state index contributed by atoms with van der Waals surface area (Å²) in [7, 11) is 2.03. The van der Waals surface area contributed by atoms with Gasteiger partial charge in [-0.25, -0.2) is 0 Å². The second-order valence-corrected chi connectivity index (χ2v) is 2.23. The maximum absolute atomic E-state index is 3.80. The van der Waals surface area contributed by atoms with Gasteiger partial charge in [-0.15, -0.1) is 6.58 Å². The molecule has 0 saturated heterocycles. The monoisotopic (exact) mass is 155 g/mol. The second kappa shape index (κ2) is 9.28. The lowest BCUT2D eigenvalue weighted by atomic mass is 10.4. The summed E-state index contributed by atoms with van der Waals surface area (Å²) in [5, 5.41) is 0. The average Bonchev–Trinajstić information content (AvgIpc) is 2.03. The van der Waals surface area contributed by atoms with Crippen LogP contribution in [0.2, 0.25) is 0 Å². The van der Waals surface area contributed by atoms with E-state index in [1.807, 2.05) is 33.9 Å². The van der Waals surface area contributed by atoms with Gasteiger partial charge in [-0.05, 0) is 13.3 Å². The topological polar surface area (TPSA) is 3.24 Å². The molecule has 0 heterocycles. The molecule has 0 rings (SSSR count). The molecule has 0 atom stereocenters. The third-order valence-corrected chi connectivity index (χ3v) is 1.32. The standard InChI is InChI=1S/C8H15N.C2H6/c1-5-6-7-9(4)8(2)3;1-2/h5H,1-2,6-7H2,3-4H3;1-2H3. The number of rotatable bonds is 4. The Morgan fingerprint density at radius 3 is 2.18 bits per heavy atom. The fourth-order valence-corrected chi connectivity index (χ4v) is 0.476. The lowest BCUT2D eigenvalue weighted by Crippen LogP contribution is -2.15. The Kier molecular flexibility index (Phi) is 10.9. The molecule has 0 aliphatic rings. The molecule has 0 aromatic carbocycles. The third kappa shape index (κ3) is 9.28. The van der Waals surface area contributed by atoms with Gasteiger partial charge in [0.2, 0.25) is 0 Å². The first-order valence-electron chi connectivity index (χ1n) is 4.16. The van der Waals surface area contributed by atoms with E-state index in [4.69, 9.17) is 0 Å². The van der Waals surface area contributed by atoms with E-state index >= 15 is 0 Å². The minimum atomic E-state index is 1.03. The van der Waals surface area contributed by atoms with Crippen molar-refractivity contribution in [1.29, 1.82) is 0 Å². The molecule has 0 aliphatic carbocycles. The van der Waals surface area contributed by atoms with Gasteiger partial charge in [0.15, 0.2) is 0 Å². The summed E-state index contributed by atoms with van der Waals surface area (Å²) >= 11 is 0. The van der Waals surface area contributed by atoms with Crippen molar-refractivity contribution in [2.75, 3.05) is 13.6 Å². The number of allylic oxidation sites excluding steroid dienone is 1. The zero-order valence-corrected chi connectivity index (χ0v) is 8.35. The predicted molar refractivity (Wildman–Crippen MR) is 53.6 cm³/mol. The first-order valence-corrected chi connectivity index (χ1v) is 4.16. The highest BCUT2D eigenvalue weighted by atomic mass is 15.1. The molecular formula is C10H21N. The summed E-state index contributed by atoms with van der Waals surface area (Å²) in [6.45, 7) is 14.5. The summed E-state index contributed by atoms with van der Waals surface area (Å²) in [6, 6.07) is 0. The molecule has 0 fully saturated rings. The molecule has 66 valence electrons. The van der Waals surface area contributed by atoms with Gasteiger partial charge in [-0.3, -0.25) is 0 Å². The third-order valence-electron chi connectivity index (χ3n) is 1.32. The van der Waals surface area contributed by atoms with Gasteiger partial charge >= 0.3 is 0 Å². The predicted octanol–water partition coefficient (Wildman–Crippen LogP) is 3.05. The molecule has 0 unspecified atom stereocenters. The fraction of sp³-hybridized carbons (Fsp3) is 0.600. The van der Waals surface area contributed by atoms with Crippen molar-refractivity contribution < 1.29 is 0 Å². The van der Waals surface area contributed by atoms with Crippen LogP contribution in [0.25, 0.3) is 0 Å². The molecule has 0 amide bonds. The van der Waals surface area contributed by atoms with Crippen molar-refractivity contribution in [3.63, 3.8) is 0 Å². The highest BCUT2D eigenvalue weighted by Gasteiger charge is 1.91. The number of hydrogen-bond donors (Lipinski definition) is 0. The number of hydrogen-bond acceptors (Lipinski definition) is 1. The van der Waals surface area contributed by atoms with Crippen LogP contribution in [0.4, 0.5) is 0 Å². The molecule has 0 radical (unpaired) electrons. The van der Waals surface area contributed by atoms with E-state index in [2.05, 4.69) is 18.1 Å². The van der Waals surface area contributed by atoms with E-state index in [1.54, 1.807) is 0 Å². The van der Waals surface area contributed by atoms with Crippen LogP contribution >= 0.6 is 0 Å². The SMILES string of the molecule is C=CCCN(C)C(=C)C.CC. The molecule has 0 aromatic rings. The van der Waals surface area contributed by atoms with E-state index in [-0.39, 0.29) is 0 Å². The molecule has 0 aromatic heterocycles. The van der Waals surface area contributed by atoms with E-state index in [9.17, 15) is 0 Å². The quantitative estimate of drug-likeness (QED) is 0.564. The Morgan fingerprint density at radius 2 is 1.91 bits per heavy atom. The summed E-state index contributed by atoms with van der Waals surface area (Å²) < 4.78 is 0. The van der Waals surface area contributed by atoms with Gasteiger partial charge < -0.3 is 4.90 Å². The Labute approximate surface area is 71.4 Å². The summed E-state index contributed by atoms with van der Waals surface area (Å²) in [4.78, 5) is 2.11. The Bertz CT molecular complexity index is 105. The van der Waals surface area contributed by atoms with Crippen LogP contribution in [0, 0.1) is 0 Å². The summed E-state index contributed by atoms with van der Waals surface area (Å²) in [5.74, 6) is 0. The maximum atomic E-state index is 3.80. The molecule has 0 saturated carbocycles. The van der Waals surface area contributed by atoms with Crippen molar-refractivity contribution in [2.45, 2.75) is 27.2 Å². The molecule has 0 spiro atoms. The Hall–Kier alpha value is -0.720. The first-order chi connectivity index (χ1) is 5.18. The molecule has 11 heavy (non-hydrogen) atoms. The van der Waals surface area contributed by atoms with Gasteiger partial charge in [0.25, 0.3) is 0 Å². The average molecular weight is 155 g/mol. The smallest absolute Gasteiger partial charge is 0.0205 e. The van der Waals surface area contributed by atoms with Gasteiger partial charge in [0.1, 0.15) is 0 Å². The highest BCUT2D eigenvalue weighted by Crippen LogP contribution is 1.96.